The van der Waals surface area contributed by atoms with Gasteiger partial charge in [0.05, 0.1) is 6.26 Å². The van der Waals surface area contributed by atoms with Crippen LogP contribution in [0.4, 0.5) is 0 Å². The summed E-state index contributed by atoms with van der Waals surface area (Å²) in [5, 5.41) is 3.85. The molecule has 0 fully saturated rings. The van der Waals surface area contributed by atoms with Crippen molar-refractivity contribution in [1.82, 2.24) is 5.32 Å². The number of nitrogens with one attached hydrogen (secondary N) is 1. The molecule has 0 aliphatic heterocycles. The number of hydrogen-bond donors (Lipinski definition) is 1. The first-order valence-electron chi connectivity index (χ1n) is 6.56. The highest BCUT2D eigenvalue weighted by Crippen LogP contribution is 2.34. The van der Waals surface area contributed by atoms with E-state index in [2.05, 4.69) is 43.4 Å². The fourth-order valence-corrected chi connectivity index (χ4v) is 3.39. The molecule has 1 aromatic carbocycles. The van der Waals surface area contributed by atoms with E-state index in [0.29, 0.717) is 11.3 Å². The van der Waals surface area contributed by atoms with Crippen molar-refractivity contribution < 1.29 is 4.42 Å². The van der Waals surface area contributed by atoms with Crippen molar-refractivity contribution in [3.8, 4) is 0 Å². The predicted octanol–water partition coefficient (Wildman–Crippen LogP) is 4.34. The number of furan rings is 1. The largest absolute Gasteiger partial charge is 0.468 e. The smallest absolute Gasteiger partial charge is 0.114 e. The minimum atomic E-state index is 0.333. The standard InChI is InChI=1S/C16H21NOS/c1-11-5-7-14(8-6-11)16(17-4)13(3)19-15-9-10-18-12(15)2/h5-10,13,16-17H,1-4H3. The third kappa shape index (κ3) is 3.43. The molecule has 0 aliphatic carbocycles. The summed E-state index contributed by atoms with van der Waals surface area (Å²) in [5.74, 6) is 0.996. The van der Waals surface area contributed by atoms with E-state index < -0.39 is 0 Å². The van der Waals surface area contributed by atoms with Gasteiger partial charge in [0.15, 0.2) is 0 Å². The Morgan fingerprint density at radius 2 is 1.79 bits per heavy atom. The van der Waals surface area contributed by atoms with Crippen LogP contribution in [-0.4, -0.2) is 12.3 Å². The van der Waals surface area contributed by atoms with Gasteiger partial charge in [0.1, 0.15) is 5.76 Å². The molecule has 2 atom stereocenters. The molecule has 2 nitrogen and oxygen atoms in total. The number of hydrogen-bond acceptors (Lipinski definition) is 3. The Bertz CT molecular complexity index is 518. The molecule has 1 N–H and O–H groups in total. The average molecular weight is 275 g/mol. The van der Waals surface area contributed by atoms with Crippen LogP contribution < -0.4 is 5.32 Å². The van der Waals surface area contributed by atoms with E-state index in [4.69, 9.17) is 4.42 Å². The van der Waals surface area contributed by atoms with Crippen LogP contribution in [0.3, 0.4) is 0 Å². The normalized spacial score (nSPS) is 14.3. The van der Waals surface area contributed by atoms with E-state index in [9.17, 15) is 0 Å². The van der Waals surface area contributed by atoms with Crippen LogP contribution >= 0.6 is 11.8 Å². The Balaban J connectivity index is 2.13. The van der Waals surface area contributed by atoms with Gasteiger partial charge in [-0.25, -0.2) is 0 Å². The monoisotopic (exact) mass is 275 g/mol. The molecule has 2 aromatic rings. The summed E-state index contributed by atoms with van der Waals surface area (Å²) in [6.45, 7) is 6.37. The summed E-state index contributed by atoms with van der Waals surface area (Å²) < 4.78 is 5.36. The zero-order chi connectivity index (χ0) is 13.8. The maximum Gasteiger partial charge on any atom is 0.114 e. The van der Waals surface area contributed by atoms with Crippen LogP contribution in [0.5, 0.6) is 0 Å². The SMILES string of the molecule is CNC(c1ccc(C)cc1)C(C)Sc1ccoc1C. The lowest BCUT2D eigenvalue weighted by atomic mass is 10.0. The summed E-state index contributed by atoms with van der Waals surface area (Å²) in [6.07, 6.45) is 1.75. The molecule has 19 heavy (non-hydrogen) atoms. The molecule has 2 rings (SSSR count). The molecule has 2 unspecified atom stereocenters. The van der Waals surface area contributed by atoms with Crippen molar-refractivity contribution in [2.45, 2.75) is 37.0 Å². The van der Waals surface area contributed by atoms with Crippen LogP contribution in [0, 0.1) is 13.8 Å². The lowest BCUT2D eigenvalue weighted by Gasteiger charge is -2.23. The molecule has 0 aliphatic rings. The number of rotatable bonds is 5. The van der Waals surface area contributed by atoms with Crippen molar-refractivity contribution in [2.75, 3.05) is 7.05 Å². The molecule has 0 bridgehead atoms. The van der Waals surface area contributed by atoms with E-state index in [1.807, 2.05) is 31.8 Å². The maximum atomic E-state index is 5.36. The number of thioether (sulfide) groups is 1. The van der Waals surface area contributed by atoms with Crippen LogP contribution in [0.15, 0.2) is 45.9 Å². The third-order valence-electron chi connectivity index (χ3n) is 3.34. The van der Waals surface area contributed by atoms with Crippen LogP contribution in [0.25, 0.3) is 0 Å². The van der Waals surface area contributed by atoms with E-state index in [1.54, 1.807) is 6.26 Å². The van der Waals surface area contributed by atoms with Gasteiger partial charge in [0, 0.05) is 16.2 Å². The Kier molecular flexibility index (Phi) is 4.72. The van der Waals surface area contributed by atoms with Gasteiger partial charge >= 0.3 is 0 Å². The second kappa shape index (κ2) is 6.31. The van der Waals surface area contributed by atoms with Gasteiger partial charge in [-0.05, 0) is 32.5 Å². The van der Waals surface area contributed by atoms with E-state index in [1.165, 1.54) is 16.0 Å². The topological polar surface area (TPSA) is 25.2 Å². The Hall–Kier alpha value is -1.19. The van der Waals surface area contributed by atoms with E-state index >= 15 is 0 Å². The van der Waals surface area contributed by atoms with E-state index in [0.717, 1.165) is 5.76 Å². The third-order valence-corrected chi connectivity index (χ3v) is 4.66. The lowest BCUT2D eigenvalue weighted by molar-refractivity contribution is 0.526. The van der Waals surface area contributed by atoms with Gasteiger partial charge in [-0.1, -0.05) is 36.8 Å². The summed E-state index contributed by atoms with van der Waals surface area (Å²) >= 11 is 1.85. The van der Waals surface area contributed by atoms with Gasteiger partial charge in [0.2, 0.25) is 0 Å². The minimum Gasteiger partial charge on any atom is -0.468 e. The van der Waals surface area contributed by atoms with Crippen LogP contribution in [0.1, 0.15) is 29.9 Å². The zero-order valence-corrected chi connectivity index (χ0v) is 12.8. The highest BCUT2D eigenvalue weighted by Gasteiger charge is 2.19. The Morgan fingerprint density at radius 3 is 2.32 bits per heavy atom. The Morgan fingerprint density at radius 1 is 1.11 bits per heavy atom. The first kappa shape index (κ1) is 14.2. The summed E-state index contributed by atoms with van der Waals surface area (Å²) in [4.78, 5) is 1.22. The number of aryl methyl sites for hydroxylation is 2. The lowest BCUT2D eigenvalue weighted by Crippen LogP contribution is -2.25. The molecule has 1 heterocycles. The van der Waals surface area contributed by atoms with Gasteiger partial charge < -0.3 is 9.73 Å². The van der Waals surface area contributed by atoms with Gasteiger partial charge in [-0.2, -0.15) is 0 Å². The average Bonchev–Trinajstić information content (AvgIpc) is 2.78. The molecule has 0 saturated carbocycles. The molecule has 102 valence electrons. The molecule has 3 heteroatoms. The fraction of sp³-hybridized carbons (Fsp3) is 0.375. The number of benzene rings is 1. The first-order valence-corrected chi connectivity index (χ1v) is 7.44. The highest BCUT2D eigenvalue weighted by atomic mass is 32.2. The fourth-order valence-electron chi connectivity index (χ4n) is 2.21. The van der Waals surface area contributed by atoms with Crippen molar-refractivity contribution in [1.29, 1.82) is 0 Å². The summed E-state index contributed by atoms with van der Waals surface area (Å²) in [5.41, 5.74) is 2.62. The van der Waals surface area contributed by atoms with Crippen molar-refractivity contribution in [3.63, 3.8) is 0 Å². The zero-order valence-electron chi connectivity index (χ0n) is 11.9. The second-order valence-corrected chi connectivity index (χ2v) is 6.26. The molecular formula is C16H21NOS. The summed E-state index contributed by atoms with van der Waals surface area (Å²) in [7, 11) is 2.02. The van der Waals surface area contributed by atoms with Gasteiger partial charge in [-0.15, -0.1) is 11.8 Å². The van der Waals surface area contributed by atoms with Crippen molar-refractivity contribution >= 4 is 11.8 Å². The summed E-state index contributed by atoms with van der Waals surface area (Å²) in [6, 6.07) is 11.1. The molecule has 0 radical (unpaired) electrons. The second-order valence-electron chi connectivity index (χ2n) is 4.84. The Labute approximate surface area is 119 Å². The molecule has 0 saturated heterocycles. The van der Waals surface area contributed by atoms with Gasteiger partial charge in [-0.3, -0.25) is 0 Å². The van der Waals surface area contributed by atoms with Gasteiger partial charge in [0.25, 0.3) is 0 Å². The quantitative estimate of drug-likeness (QED) is 0.822. The van der Waals surface area contributed by atoms with Crippen LogP contribution in [0.2, 0.25) is 0 Å². The van der Waals surface area contributed by atoms with Crippen molar-refractivity contribution in [3.05, 3.63) is 53.5 Å². The molecule has 0 amide bonds. The molecular weight excluding hydrogens is 254 g/mol. The van der Waals surface area contributed by atoms with E-state index in [-0.39, 0.29) is 0 Å². The van der Waals surface area contributed by atoms with Crippen molar-refractivity contribution in [2.24, 2.45) is 0 Å². The molecule has 1 aromatic heterocycles. The highest BCUT2D eigenvalue weighted by molar-refractivity contribution is 8.00. The maximum absolute atomic E-state index is 5.36. The minimum absolute atomic E-state index is 0.333. The van der Waals surface area contributed by atoms with Crippen LogP contribution in [-0.2, 0) is 0 Å². The molecule has 0 spiro atoms. The predicted molar refractivity (Wildman–Crippen MR) is 81.7 cm³/mol. The first-order chi connectivity index (χ1) is 9.11.